The van der Waals surface area contributed by atoms with Crippen LogP contribution in [0.3, 0.4) is 0 Å². The highest BCUT2D eigenvalue weighted by Gasteiger charge is 2.21. The van der Waals surface area contributed by atoms with Crippen LogP contribution in [0.25, 0.3) is 0 Å². The van der Waals surface area contributed by atoms with Gasteiger partial charge in [-0.25, -0.2) is 9.18 Å². The molecule has 84 valence electrons. The molecule has 0 saturated carbocycles. The Morgan fingerprint density at radius 1 is 1.56 bits per heavy atom. The predicted octanol–water partition coefficient (Wildman–Crippen LogP) is 1.88. The molecule has 0 aromatic heterocycles. The molecule has 5 heteroatoms. The van der Waals surface area contributed by atoms with Gasteiger partial charge in [-0.15, -0.1) is 0 Å². The summed E-state index contributed by atoms with van der Waals surface area (Å²) in [6, 6.07) is 4.33. The van der Waals surface area contributed by atoms with Gasteiger partial charge in [0.1, 0.15) is 11.6 Å². The highest BCUT2D eigenvalue weighted by molar-refractivity contribution is 5.93. The Morgan fingerprint density at radius 3 is 2.75 bits per heavy atom. The number of nitrogens with zero attached hydrogens (tertiary/aromatic N) is 1. The van der Waals surface area contributed by atoms with Gasteiger partial charge in [0, 0.05) is 0 Å². The zero-order chi connectivity index (χ0) is 12.1. The van der Waals surface area contributed by atoms with Gasteiger partial charge in [-0.1, -0.05) is 0 Å². The van der Waals surface area contributed by atoms with E-state index in [1.165, 1.54) is 19.2 Å². The minimum absolute atomic E-state index is 0.0725. The maximum absolute atomic E-state index is 13.7. The number of ether oxygens (including phenoxy) is 2. The zero-order valence-electron chi connectivity index (χ0n) is 8.91. The molecule has 0 amide bonds. The minimum Gasteiger partial charge on any atom is -0.494 e. The molecule has 0 unspecified atom stereocenters. The van der Waals surface area contributed by atoms with E-state index in [9.17, 15) is 9.18 Å². The van der Waals surface area contributed by atoms with Crippen molar-refractivity contribution in [2.24, 2.45) is 0 Å². The quantitative estimate of drug-likeness (QED) is 0.734. The van der Waals surface area contributed by atoms with Gasteiger partial charge >= 0.3 is 5.97 Å². The lowest BCUT2D eigenvalue weighted by molar-refractivity contribution is 0.0520. The number of hydrogen-bond acceptors (Lipinski definition) is 4. The van der Waals surface area contributed by atoms with E-state index in [0.29, 0.717) is 0 Å². The molecule has 0 saturated heterocycles. The van der Waals surface area contributed by atoms with Crippen molar-refractivity contribution in [2.75, 3.05) is 13.7 Å². The van der Waals surface area contributed by atoms with Crippen molar-refractivity contribution < 1.29 is 18.7 Å². The molecule has 16 heavy (non-hydrogen) atoms. The summed E-state index contributed by atoms with van der Waals surface area (Å²) in [5, 5.41) is 8.76. The largest absolute Gasteiger partial charge is 0.494 e. The molecule has 0 atom stereocenters. The van der Waals surface area contributed by atoms with Crippen molar-refractivity contribution in [2.45, 2.75) is 6.92 Å². The summed E-state index contributed by atoms with van der Waals surface area (Å²) in [5.41, 5.74) is -0.458. The Morgan fingerprint density at radius 2 is 2.25 bits per heavy atom. The lowest BCUT2D eigenvalue weighted by Gasteiger charge is -2.08. The molecular formula is C11H10FNO3. The van der Waals surface area contributed by atoms with Crippen molar-refractivity contribution >= 4 is 5.97 Å². The molecule has 0 aliphatic rings. The van der Waals surface area contributed by atoms with E-state index in [-0.39, 0.29) is 23.5 Å². The highest BCUT2D eigenvalue weighted by atomic mass is 19.1. The summed E-state index contributed by atoms with van der Waals surface area (Å²) in [5.74, 6) is -1.84. The topological polar surface area (TPSA) is 59.3 Å². The molecular weight excluding hydrogens is 213 g/mol. The molecule has 0 fully saturated rings. The second-order valence-electron chi connectivity index (χ2n) is 2.84. The molecule has 0 bridgehead atoms. The van der Waals surface area contributed by atoms with Crippen molar-refractivity contribution in [3.63, 3.8) is 0 Å². The van der Waals surface area contributed by atoms with Crippen molar-refractivity contribution in [3.8, 4) is 11.8 Å². The van der Waals surface area contributed by atoms with E-state index < -0.39 is 11.8 Å². The second-order valence-corrected chi connectivity index (χ2v) is 2.84. The van der Waals surface area contributed by atoms with Gasteiger partial charge in [0.2, 0.25) is 0 Å². The molecule has 1 aromatic rings. The second kappa shape index (κ2) is 5.12. The van der Waals surface area contributed by atoms with E-state index in [4.69, 9.17) is 10.00 Å². The summed E-state index contributed by atoms with van der Waals surface area (Å²) in [7, 11) is 1.28. The minimum atomic E-state index is -0.875. The van der Waals surface area contributed by atoms with E-state index in [1.54, 1.807) is 13.0 Å². The van der Waals surface area contributed by atoms with E-state index >= 15 is 0 Å². The smallest absolute Gasteiger partial charge is 0.342 e. The SMILES string of the molecule is CCOC(=O)c1c(C#N)ccc(OC)c1F. The molecule has 0 radical (unpaired) electrons. The Hall–Kier alpha value is -2.09. The number of nitriles is 1. The first-order valence-electron chi connectivity index (χ1n) is 4.59. The number of methoxy groups -OCH3 is 1. The number of carbonyl (C=O) groups excluding carboxylic acids is 1. The van der Waals surface area contributed by atoms with Crippen molar-refractivity contribution in [1.29, 1.82) is 5.26 Å². The van der Waals surface area contributed by atoms with Crippen molar-refractivity contribution in [3.05, 3.63) is 29.1 Å². The van der Waals surface area contributed by atoms with Gasteiger partial charge in [0.15, 0.2) is 11.6 Å². The Labute approximate surface area is 92.2 Å². The average molecular weight is 223 g/mol. The van der Waals surface area contributed by atoms with Crippen LogP contribution in [0.4, 0.5) is 4.39 Å². The monoisotopic (exact) mass is 223 g/mol. The van der Waals surface area contributed by atoms with Gasteiger partial charge < -0.3 is 9.47 Å². The third-order valence-corrected chi connectivity index (χ3v) is 1.93. The van der Waals surface area contributed by atoms with Gasteiger partial charge in [-0.3, -0.25) is 0 Å². The lowest BCUT2D eigenvalue weighted by Crippen LogP contribution is -2.10. The Kier molecular flexibility index (Phi) is 3.84. The van der Waals surface area contributed by atoms with Crippen LogP contribution in [0.2, 0.25) is 0 Å². The molecule has 4 nitrogen and oxygen atoms in total. The predicted molar refractivity (Wildman–Crippen MR) is 53.6 cm³/mol. The number of hydrogen-bond donors (Lipinski definition) is 0. The highest BCUT2D eigenvalue weighted by Crippen LogP contribution is 2.24. The normalized spacial score (nSPS) is 9.38. The lowest BCUT2D eigenvalue weighted by atomic mass is 10.1. The van der Waals surface area contributed by atoms with Gasteiger partial charge in [0.05, 0.1) is 19.3 Å². The number of rotatable bonds is 3. The average Bonchev–Trinajstić information content (AvgIpc) is 2.28. The van der Waals surface area contributed by atoms with Crippen LogP contribution in [0.5, 0.6) is 5.75 Å². The fourth-order valence-corrected chi connectivity index (χ4v) is 1.21. The maximum Gasteiger partial charge on any atom is 0.342 e. The molecule has 1 rings (SSSR count). The van der Waals surface area contributed by atoms with Crippen LogP contribution in [-0.2, 0) is 4.74 Å². The summed E-state index contributed by atoms with van der Waals surface area (Å²) in [4.78, 5) is 11.4. The standard InChI is InChI=1S/C11H10FNO3/c1-3-16-11(14)9-7(6-13)4-5-8(15-2)10(9)12/h4-5H,3H2,1-2H3. The summed E-state index contributed by atoms with van der Waals surface area (Å²) < 4.78 is 23.1. The van der Waals surface area contributed by atoms with E-state index in [1.807, 2.05) is 0 Å². The van der Waals surface area contributed by atoms with E-state index in [2.05, 4.69) is 4.74 Å². The third-order valence-electron chi connectivity index (χ3n) is 1.93. The zero-order valence-corrected chi connectivity index (χ0v) is 8.91. The Bertz CT molecular complexity index is 451. The molecule has 0 aliphatic carbocycles. The van der Waals surface area contributed by atoms with Crippen LogP contribution in [0.1, 0.15) is 22.8 Å². The van der Waals surface area contributed by atoms with Crippen LogP contribution in [0, 0.1) is 17.1 Å². The van der Waals surface area contributed by atoms with Gasteiger partial charge in [0.25, 0.3) is 0 Å². The summed E-state index contributed by atoms with van der Waals surface area (Å²) in [6.07, 6.45) is 0. The number of halogens is 1. The molecule has 0 aliphatic heterocycles. The first-order chi connectivity index (χ1) is 7.65. The fourth-order valence-electron chi connectivity index (χ4n) is 1.21. The van der Waals surface area contributed by atoms with Crippen LogP contribution < -0.4 is 4.74 Å². The van der Waals surface area contributed by atoms with E-state index in [0.717, 1.165) is 0 Å². The molecule has 0 spiro atoms. The summed E-state index contributed by atoms with van der Waals surface area (Å²) in [6.45, 7) is 1.71. The number of carbonyl (C=O) groups is 1. The first-order valence-corrected chi connectivity index (χ1v) is 4.59. The van der Waals surface area contributed by atoms with Crippen molar-refractivity contribution in [1.82, 2.24) is 0 Å². The van der Waals surface area contributed by atoms with Crippen LogP contribution in [-0.4, -0.2) is 19.7 Å². The Balaban J connectivity index is 3.33. The molecule has 1 aromatic carbocycles. The van der Waals surface area contributed by atoms with Gasteiger partial charge in [-0.05, 0) is 19.1 Å². The number of esters is 1. The number of benzene rings is 1. The first kappa shape index (κ1) is 12.0. The van der Waals surface area contributed by atoms with Gasteiger partial charge in [-0.2, -0.15) is 5.26 Å². The fraction of sp³-hybridized carbons (Fsp3) is 0.273. The maximum atomic E-state index is 13.7. The molecule has 0 N–H and O–H groups in total. The third kappa shape index (κ3) is 2.11. The van der Waals surface area contributed by atoms with Crippen LogP contribution in [0.15, 0.2) is 12.1 Å². The van der Waals surface area contributed by atoms with Crippen LogP contribution >= 0.6 is 0 Å². The molecule has 0 heterocycles. The summed E-state index contributed by atoms with van der Waals surface area (Å²) >= 11 is 0.